The van der Waals surface area contributed by atoms with Crippen LogP contribution >= 0.6 is 0 Å². The van der Waals surface area contributed by atoms with Crippen LogP contribution in [0.2, 0.25) is 0 Å². The monoisotopic (exact) mass is 263 g/mol. The number of allylic oxidation sites excluding steroid dienone is 2. The van der Waals surface area contributed by atoms with Crippen LogP contribution in [-0.4, -0.2) is 41.5 Å². The molecule has 0 bridgehead atoms. The van der Waals surface area contributed by atoms with Gasteiger partial charge in [0.25, 0.3) is 0 Å². The van der Waals surface area contributed by atoms with E-state index < -0.39 is 0 Å². The van der Waals surface area contributed by atoms with Crippen molar-refractivity contribution < 1.29 is 9.53 Å². The molecule has 19 heavy (non-hydrogen) atoms. The SMILES string of the molecule is CCN(CC)C(CO)C1=CCC=C2C1=[O+][C-](C)C2C. The van der Waals surface area contributed by atoms with Crippen molar-refractivity contribution in [2.45, 2.75) is 40.2 Å². The molecular weight excluding hydrogens is 238 g/mol. The van der Waals surface area contributed by atoms with Crippen LogP contribution in [0.25, 0.3) is 0 Å². The number of aliphatic hydroxyl groups is 1. The molecule has 3 nitrogen and oxygen atoms in total. The highest BCUT2D eigenvalue weighted by Crippen LogP contribution is 2.35. The van der Waals surface area contributed by atoms with Crippen molar-refractivity contribution in [2.75, 3.05) is 19.7 Å². The topological polar surface area (TPSA) is 34.8 Å². The lowest BCUT2D eigenvalue weighted by Gasteiger charge is -2.31. The average Bonchev–Trinajstić information content (AvgIpc) is 2.72. The zero-order valence-electron chi connectivity index (χ0n) is 12.4. The van der Waals surface area contributed by atoms with E-state index in [4.69, 9.17) is 4.42 Å². The third-order valence-electron chi connectivity index (χ3n) is 4.32. The molecule has 3 heteroatoms. The molecule has 0 aromatic heterocycles. The second-order valence-corrected chi connectivity index (χ2v) is 5.24. The minimum atomic E-state index is 0.0480. The van der Waals surface area contributed by atoms with Crippen LogP contribution in [0.5, 0.6) is 0 Å². The molecule has 106 valence electrons. The molecule has 0 spiro atoms. The zero-order valence-corrected chi connectivity index (χ0v) is 12.4. The average molecular weight is 263 g/mol. The van der Waals surface area contributed by atoms with Crippen LogP contribution in [0.4, 0.5) is 0 Å². The summed E-state index contributed by atoms with van der Waals surface area (Å²) in [5.41, 5.74) is 2.45. The van der Waals surface area contributed by atoms with E-state index in [1.54, 1.807) is 0 Å². The molecule has 0 saturated heterocycles. The van der Waals surface area contributed by atoms with Crippen molar-refractivity contribution in [3.63, 3.8) is 0 Å². The molecule has 1 aliphatic carbocycles. The van der Waals surface area contributed by atoms with Gasteiger partial charge < -0.3 is 9.53 Å². The lowest BCUT2D eigenvalue weighted by molar-refractivity contribution is -0.436. The quantitative estimate of drug-likeness (QED) is 0.610. The van der Waals surface area contributed by atoms with Gasteiger partial charge in [0.1, 0.15) is 0 Å². The van der Waals surface area contributed by atoms with E-state index in [-0.39, 0.29) is 12.6 Å². The van der Waals surface area contributed by atoms with E-state index in [2.05, 4.69) is 37.8 Å². The number of ketones is 1. The second kappa shape index (κ2) is 5.93. The largest absolute Gasteiger partial charge is 0.394 e. The zero-order chi connectivity index (χ0) is 14.0. The molecule has 1 heterocycles. The van der Waals surface area contributed by atoms with E-state index in [1.165, 1.54) is 5.57 Å². The highest BCUT2D eigenvalue weighted by molar-refractivity contribution is 6.11. The predicted octanol–water partition coefficient (Wildman–Crippen LogP) is 2.25. The van der Waals surface area contributed by atoms with Crippen LogP contribution in [0, 0.1) is 12.0 Å². The maximum atomic E-state index is 9.79. The van der Waals surface area contributed by atoms with Crippen LogP contribution in [0.3, 0.4) is 0 Å². The number of fused-ring (bicyclic) bond motifs is 1. The Labute approximate surface area is 116 Å². The van der Waals surface area contributed by atoms with Gasteiger partial charge in [-0.15, -0.1) is 0 Å². The summed E-state index contributed by atoms with van der Waals surface area (Å²) >= 11 is 0. The maximum absolute atomic E-state index is 9.79. The smallest absolute Gasteiger partial charge is 0.206 e. The minimum absolute atomic E-state index is 0.0480. The third kappa shape index (κ3) is 2.49. The van der Waals surface area contributed by atoms with E-state index in [9.17, 15) is 5.11 Å². The number of hydrogen-bond acceptors (Lipinski definition) is 2. The highest BCUT2D eigenvalue weighted by atomic mass is 16.4. The van der Waals surface area contributed by atoms with Gasteiger partial charge in [-0.2, -0.15) is 0 Å². The molecule has 2 rings (SSSR count). The molecule has 0 fully saturated rings. The van der Waals surface area contributed by atoms with E-state index in [1.807, 2.05) is 6.92 Å². The minimum Gasteiger partial charge on any atom is -0.394 e. The Kier molecular flexibility index (Phi) is 4.48. The van der Waals surface area contributed by atoms with Gasteiger partial charge in [-0.1, -0.05) is 32.9 Å². The highest BCUT2D eigenvalue weighted by Gasteiger charge is 2.36. The lowest BCUT2D eigenvalue weighted by atomic mass is 9.85. The second-order valence-electron chi connectivity index (χ2n) is 5.24. The summed E-state index contributed by atoms with van der Waals surface area (Å²) in [6, 6.07) is 0.0480. The fraction of sp³-hybridized carbons (Fsp3) is 0.625. The van der Waals surface area contributed by atoms with E-state index >= 15 is 0 Å². The number of hydrogen-bond donors (Lipinski definition) is 1. The van der Waals surface area contributed by atoms with Crippen molar-refractivity contribution in [3.05, 3.63) is 29.4 Å². The molecule has 1 N–H and O–H groups in total. The third-order valence-corrected chi connectivity index (χ3v) is 4.32. The van der Waals surface area contributed by atoms with Crippen LogP contribution in [0.1, 0.15) is 34.1 Å². The van der Waals surface area contributed by atoms with Crippen molar-refractivity contribution >= 4 is 5.78 Å². The van der Waals surface area contributed by atoms with Crippen molar-refractivity contribution in [3.8, 4) is 0 Å². The summed E-state index contributed by atoms with van der Waals surface area (Å²) in [5.74, 6) is 1.36. The lowest BCUT2D eigenvalue weighted by Crippen LogP contribution is -2.41. The molecule has 2 unspecified atom stereocenters. The first kappa shape index (κ1) is 14.4. The van der Waals surface area contributed by atoms with Gasteiger partial charge in [0.15, 0.2) is 6.10 Å². The van der Waals surface area contributed by atoms with Gasteiger partial charge in [0, 0.05) is 12.0 Å². The van der Waals surface area contributed by atoms with Gasteiger partial charge >= 0.3 is 0 Å². The molecule has 1 aliphatic heterocycles. The Bertz CT molecular complexity index is 418. The maximum Gasteiger partial charge on any atom is 0.206 e. The van der Waals surface area contributed by atoms with Gasteiger partial charge in [-0.05, 0) is 37.6 Å². The van der Waals surface area contributed by atoms with E-state index in [0.29, 0.717) is 5.92 Å². The summed E-state index contributed by atoms with van der Waals surface area (Å²) in [5, 5.41) is 9.79. The Morgan fingerprint density at radius 2 is 2.11 bits per heavy atom. The number of rotatable bonds is 5. The van der Waals surface area contributed by atoms with Crippen LogP contribution in [0.15, 0.2) is 23.3 Å². The van der Waals surface area contributed by atoms with E-state index in [0.717, 1.165) is 37.0 Å². The Hall–Kier alpha value is -1.06. The molecule has 0 amide bonds. The normalized spacial score (nSPS) is 24.0. The first-order valence-electron chi connectivity index (χ1n) is 7.27. The molecule has 2 atom stereocenters. The van der Waals surface area contributed by atoms with Gasteiger partial charge in [0.05, 0.1) is 6.61 Å². The first-order valence-corrected chi connectivity index (χ1v) is 7.27. The molecule has 0 saturated carbocycles. The summed E-state index contributed by atoms with van der Waals surface area (Å²) in [6.45, 7) is 10.5. The van der Waals surface area contributed by atoms with Crippen molar-refractivity contribution in [1.82, 2.24) is 4.90 Å². The van der Waals surface area contributed by atoms with Crippen molar-refractivity contribution in [2.24, 2.45) is 5.92 Å². The summed E-state index contributed by atoms with van der Waals surface area (Å²) < 4.78 is 5.97. The number of nitrogens with zero attached hydrogens (tertiary/aromatic N) is 1. The number of likely N-dealkylation sites (N-methyl/N-ethyl adjacent to an activating group) is 1. The van der Waals surface area contributed by atoms with Crippen molar-refractivity contribution in [1.29, 1.82) is 0 Å². The number of aliphatic hydroxyl groups excluding tert-OH is 1. The molecular formula is C16H25NO2. The molecule has 0 aromatic rings. The summed E-state index contributed by atoms with van der Waals surface area (Å²) in [7, 11) is 0. The van der Waals surface area contributed by atoms with Crippen LogP contribution in [-0.2, 0) is 4.42 Å². The Balaban J connectivity index is 2.30. The Morgan fingerprint density at radius 3 is 2.68 bits per heavy atom. The molecule has 0 aromatic carbocycles. The fourth-order valence-electron chi connectivity index (χ4n) is 2.99. The fourth-order valence-corrected chi connectivity index (χ4v) is 2.99. The number of carbonyl (C=O) groups excluding carboxylic acids is 1. The van der Waals surface area contributed by atoms with Gasteiger partial charge in [0.2, 0.25) is 5.78 Å². The van der Waals surface area contributed by atoms with Crippen LogP contribution < -0.4 is 0 Å². The standard InChI is InChI=1S/C16H25NO2/c1-5-17(6-2)15(10-18)14-9-7-8-13-11(3)12(4)19-16(13)14/h8-9,11,15,18H,5-7,10H2,1-4H3. The predicted molar refractivity (Wildman–Crippen MR) is 77.7 cm³/mol. The Morgan fingerprint density at radius 1 is 1.42 bits per heavy atom. The molecule has 2 aliphatic rings. The first-order chi connectivity index (χ1) is 9.13. The summed E-state index contributed by atoms with van der Waals surface area (Å²) in [4.78, 5) is 2.28. The van der Waals surface area contributed by atoms with Gasteiger partial charge in [-0.3, -0.25) is 4.90 Å². The molecule has 0 radical (unpaired) electrons. The summed E-state index contributed by atoms with van der Waals surface area (Å²) in [6.07, 6.45) is 6.44. The van der Waals surface area contributed by atoms with Gasteiger partial charge in [-0.25, -0.2) is 0 Å².